The number of esters is 1. The van der Waals surface area contributed by atoms with Crippen molar-refractivity contribution in [1.82, 2.24) is 24.9 Å². The van der Waals surface area contributed by atoms with Gasteiger partial charge in [-0.2, -0.15) is 0 Å². The van der Waals surface area contributed by atoms with Crippen molar-refractivity contribution < 1.29 is 9.53 Å². The Balaban J connectivity index is 1.38. The van der Waals surface area contributed by atoms with Crippen LogP contribution in [-0.4, -0.2) is 63.2 Å². The van der Waals surface area contributed by atoms with Crippen LogP contribution in [0.15, 0.2) is 30.7 Å². The van der Waals surface area contributed by atoms with E-state index in [-0.39, 0.29) is 12.0 Å². The van der Waals surface area contributed by atoms with Crippen molar-refractivity contribution in [2.45, 2.75) is 19.9 Å². The minimum absolute atomic E-state index is 0.182. The van der Waals surface area contributed by atoms with E-state index in [1.165, 1.54) is 0 Å². The first-order valence-electron chi connectivity index (χ1n) is 10.2. The van der Waals surface area contributed by atoms with Gasteiger partial charge in [0, 0.05) is 31.9 Å². The number of H-pyrrole nitrogens is 2. The van der Waals surface area contributed by atoms with E-state index in [0.29, 0.717) is 17.2 Å². The molecule has 0 spiro atoms. The summed E-state index contributed by atoms with van der Waals surface area (Å²) >= 11 is 6.37. The average molecular weight is 440 g/mol. The Labute approximate surface area is 183 Å². The number of aromatic nitrogens is 5. The molecular formula is C21H22ClN7O2. The molecule has 4 heterocycles. The van der Waals surface area contributed by atoms with Gasteiger partial charge in [0.15, 0.2) is 0 Å². The molecule has 0 radical (unpaired) electrons. The lowest BCUT2D eigenvalue weighted by atomic mass is 10.2. The molecule has 4 aromatic rings. The molecule has 1 atom stereocenters. The highest BCUT2D eigenvalue weighted by Gasteiger charge is 2.28. The maximum absolute atomic E-state index is 12.0. The van der Waals surface area contributed by atoms with Crippen molar-refractivity contribution in [2.75, 3.05) is 36.0 Å². The fraction of sp³-hybridized carbons (Fsp3) is 0.333. The SMILES string of the molecule is CCOC(=O)c1ccc2nc(N3CCN(c4ncnc5[nH]cc(Cl)c45)C(C)C3)[nH]c2c1. The van der Waals surface area contributed by atoms with Gasteiger partial charge in [-0.3, -0.25) is 0 Å². The third-order valence-corrected chi connectivity index (χ3v) is 5.88. The first kappa shape index (κ1) is 19.6. The molecule has 160 valence electrons. The smallest absolute Gasteiger partial charge is 0.338 e. The normalized spacial score (nSPS) is 16.9. The molecule has 3 aromatic heterocycles. The molecule has 9 nitrogen and oxygen atoms in total. The number of anilines is 2. The lowest BCUT2D eigenvalue weighted by molar-refractivity contribution is 0.0526. The highest BCUT2D eigenvalue weighted by Crippen LogP contribution is 2.32. The van der Waals surface area contributed by atoms with E-state index >= 15 is 0 Å². The van der Waals surface area contributed by atoms with Crippen molar-refractivity contribution in [3.05, 3.63) is 41.3 Å². The van der Waals surface area contributed by atoms with Gasteiger partial charge in [-0.15, -0.1) is 0 Å². The largest absolute Gasteiger partial charge is 0.462 e. The zero-order valence-electron chi connectivity index (χ0n) is 17.2. The van der Waals surface area contributed by atoms with Gasteiger partial charge in [-0.1, -0.05) is 11.6 Å². The molecular weight excluding hydrogens is 418 g/mol. The standard InChI is InChI=1S/C21H22ClN7O2/c1-3-31-20(30)13-4-5-15-16(8-13)27-21(26-15)28-6-7-29(12(2)10-28)19-17-14(22)9-23-18(17)24-11-25-19/h4-5,8-9,11-12H,3,6-7,10H2,1-2H3,(H,26,27)(H,23,24,25). The van der Waals surface area contributed by atoms with Crippen LogP contribution in [0, 0.1) is 0 Å². The molecule has 1 aromatic carbocycles. The van der Waals surface area contributed by atoms with Gasteiger partial charge in [0.05, 0.1) is 33.6 Å². The Morgan fingerprint density at radius 2 is 2.19 bits per heavy atom. The summed E-state index contributed by atoms with van der Waals surface area (Å²) in [4.78, 5) is 36.4. The van der Waals surface area contributed by atoms with Crippen molar-refractivity contribution >= 4 is 51.4 Å². The summed E-state index contributed by atoms with van der Waals surface area (Å²) in [6, 6.07) is 5.55. The van der Waals surface area contributed by atoms with Crippen LogP contribution in [0.3, 0.4) is 0 Å². The first-order valence-corrected chi connectivity index (χ1v) is 10.6. The predicted octanol–water partition coefficient (Wildman–Crippen LogP) is 3.38. The topological polar surface area (TPSA) is 103 Å². The van der Waals surface area contributed by atoms with Crippen LogP contribution < -0.4 is 9.80 Å². The Morgan fingerprint density at radius 3 is 3.00 bits per heavy atom. The lowest BCUT2D eigenvalue weighted by Gasteiger charge is -2.40. The Kier molecular flexibility index (Phi) is 4.90. The van der Waals surface area contributed by atoms with Crippen LogP contribution in [0.25, 0.3) is 22.1 Å². The lowest BCUT2D eigenvalue weighted by Crippen LogP contribution is -2.52. The van der Waals surface area contributed by atoms with Gasteiger partial charge in [0.1, 0.15) is 17.8 Å². The van der Waals surface area contributed by atoms with Gasteiger partial charge >= 0.3 is 5.97 Å². The number of piperazine rings is 1. The summed E-state index contributed by atoms with van der Waals surface area (Å²) in [5.74, 6) is 1.30. The molecule has 1 unspecified atom stereocenters. The number of nitrogens with one attached hydrogen (secondary N) is 2. The van der Waals surface area contributed by atoms with E-state index in [0.717, 1.165) is 53.5 Å². The fourth-order valence-electron chi connectivity index (χ4n) is 4.08. The first-order chi connectivity index (χ1) is 15.0. The van der Waals surface area contributed by atoms with E-state index in [4.69, 9.17) is 21.3 Å². The number of carbonyl (C=O) groups is 1. The number of rotatable bonds is 4. The average Bonchev–Trinajstić information content (AvgIpc) is 3.37. The zero-order chi connectivity index (χ0) is 21.5. The Hall–Kier alpha value is -3.33. The maximum atomic E-state index is 12.0. The predicted molar refractivity (Wildman–Crippen MR) is 120 cm³/mol. The highest BCUT2D eigenvalue weighted by molar-refractivity contribution is 6.36. The summed E-state index contributed by atoms with van der Waals surface area (Å²) in [5, 5.41) is 1.47. The maximum Gasteiger partial charge on any atom is 0.338 e. The van der Waals surface area contributed by atoms with Gasteiger partial charge < -0.3 is 24.5 Å². The van der Waals surface area contributed by atoms with E-state index in [2.05, 4.69) is 36.7 Å². The monoisotopic (exact) mass is 439 g/mol. The number of halogens is 1. The summed E-state index contributed by atoms with van der Waals surface area (Å²) in [5.41, 5.74) is 2.88. The van der Waals surface area contributed by atoms with Gasteiger partial charge in [-0.25, -0.2) is 19.7 Å². The number of nitrogens with zero attached hydrogens (tertiary/aromatic N) is 5. The number of hydrogen-bond acceptors (Lipinski definition) is 7. The second kappa shape index (κ2) is 7.73. The van der Waals surface area contributed by atoms with E-state index in [1.807, 2.05) is 6.07 Å². The van der Waals surface area contributed by atoms with Crippen LogP contribution in [-0.2, 0) is 4.74 Å². The number of imidazole rings is 1. The van der Waals surface area contributed by atoms with Crippen molar-refractivity contribution in [3.8, 4) is 0 Å². The Morgan fingerprint density at radius 1 is 1.32 bits per heavy atom. The minimum atomic E-state index is -0.331. The number of aromatic amines is 2. The third-order valence-electron chi connectivity index (χ3n) is 5.58. The third kappa shape index (κ3) is 3.44. The van der Waals surface area contributed by atoms with E-state index in [1.54, 1.807) is 31.6 Å². The quantitative estimate of drug-likeness (QED) is 0.470. The van der Waals surface area contributed by atoms with Gasteiger partial charge in [0.2, 0.25) is 5.95 Å². The molecule has 31 heavy (non-hydrogen) atoms. The molecule has 0 bridgehead atoms. The van der Waals surface area contributed by atoms with E-state index in [9.17, 15) is 4.79 Å². The molecule has 1 aliphatic rings. The molecule has 0 saturated carbocycles. The molecule has 1 fully saturated rings. The highest BCUT2D eigenvalue weighted by atomic mass is 35.5. The molecule has 0 aliphatic carbocycles. The number of fused-ring (bicyclic) bond motifs is 2. The van der Waals surface area contributed by atoms with Crippen LogP contribution >= 0.6 is 11.6 Å². The van der Waals surface area contributed by atoms with Gasteiger partial charge in [-0.05, 0) is 32.0 Å². The minimum Gasteiger partial charge on any atom is -0.462 e. The molecule has 0 amide bonds. The zero-order valence-corrected chi connectivity index (χ0v) is 18.0. The Bertz CT molecular complexity index is 1270. The summed E-state index contributed by atoms with van der Waals surface area (Å²) in [6.07, 6.45) is 3.30. The summed E-state index contributed by atoms with van der Waals surface area (Å²) in [7, 11) is 0. The second-order valence-electron chi connectivity index (χ2n) is 7.56. The molecule has 10 heteroatoms. The summed E-state index contributed by atoms with van der Waals surface area (Å²) in [6.45, 7) is 6.59. The molecule has 2 N–H and O–H groups in total. The second-order valence-corrected chi connectivity index (χ2v) is 7.97. The number of carbonyl (C=O) groups excluding carboxylic acids is 1. The van der Waals surface area contributed by atoms with E-state index < -0.39 is 0 Å². The molecule has 5 rings (SSSR count). The van der Waals surface area contributed by atoms with Crippen molar-refractivity contribution in [2.24, 2.45) is 0 Å². The number of hydrogen-bond donors (Lipinski definition) is 2. The van der Waals surface area contributed by atoms with Crippen LogP contribution in [0.4, 0.5) is 11.8 Å². The van der Waals surface area contributed by atoms with Crippen molar-refractivity contribution in [3.63, 3.8) is 0 Å². The molecule has 1 saturated heterocycles. The summed E-state index contributed by atoms with van der Waals surface area (Å²) < 4.78 is 5.09. The number of ether oxygens (including phenoxy) is 1. The number of benzene rings is 1. The van der Waals surface area contributed by atoms with Gasteiger partial charge in [0.25, 0.3) is 0 Å². The van der Waals surface area contributed by atoms with Crippen LogP contribution in [0.5, 0.6) is 0 Å². The fourth-order valence-corrected chi connectivity index (χ4v) is 4.31. The van der Waals surface area contributed by atoms with Crippen LogP contribution in [0.1, 0.15) is 24.2 Å². The van der Waals surface area contributed by atoms with Crippen LogP contribution in [0.2, 0.25) is 5.02 Å². The van der Waals surface area contributed by atoms with Crippen molar-refractivity contribution in [1.29, 1.82) is 0 Å². The molecule has 1 aliphatic heterocycles.